The van der Waals surface area contributed by atoms with E-state index in [1.165, 1.54) is 0 Å². The number of rotatable bonds is 12. The lowest BCUT2D eigenvalue weighted by molar-refractivity contribution is -0.240. The SMILES string of the molecule is [3H][C@@]1(O)C[C@@H](OCc2ccccc2)[C@H](OCc2ccccc2)[C@@H](OCc2ccccc2)[C@@H]1OCc1ccccc1. The van der Waals surface area contributed by atoms with Crippen molar-refractivity contribution in [1.82, 2.24) is 0 Å². The summed E-state index contributed by atoms with van der Waals surface area (Å²) >= 11 is 0. The Morgan fingerprint density at radius 1 is 0.487 bits per heavy atom. The summed E-state index contributed by atoms with van der Waals surface area (Å²) in [5.41, 5.74) is 3.94. The molecule has 1 aliphatic carbocycles. The lowest BCUT2D eigenvalue weighted by Crippen LogP contribution is -2.59. The number of hydrogen-bond donors (Lipinski definition) is 1. The minimum Gasteiger partial charge on any atom is -0.390 e. The van der Waals surface area contributed by atoms with E-state index < -0.39 is 30.5 Å². The molecule has 0 unspecified atom stereocenters. The fourth-order valence-corrected chi connectivity index (χ4v) is 4.81. The zero-order valence-electron chi connectivity index (χ0n) is 23.0. The van der Waals surface area contributed by atoms with E-state index in [9.17, 15) is 5.11 Å². The van der Waals surface area contributed by atoms with Gasteiger partial charge in [-0.25, -0.2) is 0 Å². The van der Waals surface area contributed by atoms with Gasteiger partial charge in [-0.2, -0.15) is 0 Å². The van der Waals surface area contributed by atoms with Crippen LogP contribution in [0.15, 0.2) is 121 Å². The molecule has 202 valence electrons. The fraction of sp³-hybridized carbons (Fsp3) is 0.294. The molecule has 1 saturated carbocycles. The van der Waals surface area contributed by atoms with Gasteiger partial charge in [-0.15, -0.1) is 0 Å². The van der Waals surface area contributed by atoms with Gasteiger partial charge in [-0.3, -0.25) is 0 Å². The van der Waals surface area contributed by atoms with E-state index in [2.05, 4.69) is 0 Å². The van der Waals surface area contributed by atoms with E-state index >= 15 is 0 Å². The molecule has 0 spiro atoms. The Morgan fingerprint density at radius 3 is 1.23 bits per heavy atom. The second kappa shape index (κ2) is 14.2. The van der Waals surface area contributed by atoms with Gasteiger partial charge < -0.3 is 24.1 Å². The van der Waals surface area contributed by atoms with Crippen LogP contribution in [0.3, 0.4) is 0 Å². The topological polar surface area (TPSA) is 57.2 Å². The summed E-state index contributed by atoms with van der Waals surface area (Å²) in [5, 5.41) is 11.5. The van der Waals surface area contributed by atoms with Gasteiger partial charge in [0.1, 0.15) is 18.3 Å². The van der Waals surface area contributed by atoms with E-state index in [1.54, 1.807) is 0 Å². The van der Waals surface area contributed by atoms with Crippen molar-refractivity contribution in [3.8, 4) is 0 Å². The highest BCUT2D eigenvalue weighted by atomic mass is 16.6. The van der Waals surface area contributed by atoms with Crippen LogP contribution in [-0.4, -0.2) is 35.6 Å². The Hall–Kier alpha value is -3.32. The Kier molecular flexibility index (Phi) is 9.43. The van der Waals surface area contributed by atoms with E-state index in [1.807, 2.05) is 121 Å². The molecule has 39 heavy (non-hydrogen) atoms. The standard InChI is InChI=1S/C34H36O5/c35-30-21-31(36-22-26-13-5-1-6-14-26)33(38-24-28-17-9-3-10-18-28)34(39-25-29-19-11-4-12-20-29)32(30)37-23-27-15-7-2-8-16-27/h1-20,30-35H,21-25H2/t30-,31-,32-,33+,34+/m1/s1/i30T. The van der Waals surface area contributed by atoms with Crippen molar-refractivity contribution in [3.05, 3.63) is 144 Å². The van der Waals surface area contributed by atoms with E-state index in [-0.39, 0.29) is 19.6 Å². The third-order valence-corrected chi connectivity index (χ3v) is 6.88. The van der Waals surface area contributed by atoms with Crippen molar-refractivity contribution < 1.29 is 25.4 Å². The molecule has 0 bridgehead atoms. The van der Waals surface area contributed by atoms with Gasteiger partial charge in [-0.1, -0.05) is 121 Å². The smallest absolute Gasteiger partial charge is 0.115 e. The molecular formula is C34H36O5. The normalized spacial score (nSPS) is 25.2. The Morgan fingerprint density at radius 2 is 0.821 bits per heavy atom. The van der Waals surface area contributed by atoms with E-state index in [4.69, 9.17) is 20.3 Å². The zero-order chi connectivity index (χ0) is 27.6. The summed E-state index contributed by atoms with van der Waals surface area (Å²) in [6, 6.07) is 39.4. The van der Waals surface area contributed by atoms with Gasteiger partial charge in [0, 0.05) is 6.42 Å². The number of aliphatic hydroxyl groups is 1. The van der Waals surface area contributed by atoms with Gasteiger partial charge in [0.05, 0.1) is 40.0 Å². The molecule has 1 aliphatic rings. The first-order valence-electron chi connectivity index (χ1n) is 13.9. The molecule has 4 aromatic carbocycles. The highest BCUT2D eigenvalue weighted by Gasteiger charge is 2.47. The molecule has 1 N–H and O–H groups in total. The van der Waals surface area contributed by atoms with Gasteiger partial charge in [0.2, 0.25) is 0 Å². The summed E-state index contributed by atoms with van der Waals surface area (Å²) in [4.78, 5) is 0. The van der Waals surface area contributed by atoms with Crippen LogP contribution < -0.4 is 0 Å². The lowest BCUT2D eigenvalue weighted by atomic mass is 9.86. The number of benzene rings is 4. The zero-order valence-corrected chi connectivity index (χ0v) is 22.0. The summed E-state index contributed by atoms with van der Waals surface area (Å²) in [6.45, 7) is 1.18. The molecule has 0 radical (unpaired) electrons. The van der Waals surface area contributed by atoms with Crippen LogP contribution in [-0.2, 0) is 45.4 Å². The van der Waals surface area contributed by atoms with Crippen LogP contribution in [0.1, 0.15) is 30.0 Å². The number of ether oxygens (including phenoxy) is 4. The first-order valence-corrected chi connectivity index (χ1v) is 13.4. The Labute approximate surface area is 232 Å². The van der Waals surface area contributed by atoms with Crippen molar-refractivity contribution >= 4 is 0 Å². The average molecular weight is 527 g/mol. The van der Waals surface area contributed by atoms with Crippen molar-refractivity contribution in [3.63, 3.8) is 0 Å². The quantitative estimate of drug-likeness (QED) is 0.242. The molecular weight excluding hydrogens is 488 g/mol. The maximum absolute atomic E-state index is 11.5. The Balaban J connectivity index is 1.42. The van der Waals surface area contributed by atoms with Crippen LogP contribution in [0, 0.1) is 0 Å². The molecule has 0 heterocycles. The van der Waals surface area contributed by atoms with Crippen LogP contribution in [0.4, 0.5) is 0 Å². The van der Waals surface area contributed by atoms with Crippen LogP contribution >= 0.6 is 0 Å². The first-order chi connectivity index (χ1) is 19.6. The predicted octanol–water partition coefficient (Wildman–Crippen LogP) is 6.09. The van der Waals surface area contributed by atoms with Crippen LogP contribution in [0.25, 0.3) is 0 Å². The van der Waals surface area contributed by atoms with Crippen LogP contribution in [0.2, 0.25) is 0 Å². The van der Waals surface area contributed by atoms with Crippen molar-refractivity contribution in [2.75, 3.05) is 0 Å². The summed E-state index contributed by atoms with van der Waals surface area (Å²) in [6.07, 6.45) is -4.84. The second-order valence-corrected chi connectivity index (χ2v) is 9.77. The third kappa shape index (κ3) is 7.85. The average Bonchev–Trinajstić information content (AvgIpc) is 2.99. The fourth-order valence-electron chi connectivity index (χ4n) is 4.81. The minimum absolute atomic E-state index is 0.0178. The highest BCUT2D eigenvalue weighted by molar-refractivity contribution is 5.16. The summed E-state index contributed by atoms with van der Waals surface area (Å²) in [5.74, 6) is 0. The molecule has 4 aromatic rings. The van der Waals surface area contributed by atoms with Crippen molar-refractivity contribution in [2.24, 2.45) is 0 Å². The van der Waals surface area contributed by atoms with Gasteiger partial charge in [-0.05, 0) is 22.3 Å². The molecule has 1 fully saturated rings. The summed E-state index contributed by atoms with van der Waals surface area (Å²) < 4.78 is 34.6. The minimum atomic E-state index is -1.95. The molecule has 5 heteroatoms. The molecule has 0 amide bonds. The number of hydrogen-bond acceptors (Lipinski definition) is 5. The van der Waals surface area contributed by atoms with Gasteiger partial charge in [0.15, 0.2) is 0 Å². The second-order valence-electron chi connectivity index (χ2n) is 9.77. The van der Waals surface area contributed by atoms with Crippen LogP contribution in [0.5, 0.6) is 0 Å². The third-order valence-electron chi connectivity index (χ3n) is 6.88. The van der Waals surface area contributed by atoms with E-state index in [0.717, 1.165) is 22.3 Å². The monoisotopic (exact) mass is 526 g/mol. The van der Waals surface area contributed by atoms with Gasteiger partial charge in [0.25, 0.3) is 0 Å². The van der Waals surface area contributed by atoms with Gasteiger partial charge >= 0.3 is 0 Å². The Bertz CT molecular complexity index is 1270. The lowest BCUT2D eigenvalue weighted by Gasteiger charge is -2.44. The molecule has 5 atom stereocenters. The molecule has 0 aliphatic heterocycles. The van der Waals surface area contributed by atoms with Crippen molar-refractivity contribution in [1.29, 1.82) is 0 Å². The first kappa shape index (κ1) is 25.9. The molecule has 5 rings (SSSR count). The highest BCUT2D eigenvalue weighted by Crippen LogP contribution is 2.32. The molecule has 0 saturated heterocycles. The van der Waals surface area contributed by atoms with Crippen molar-refractivity contribution in [2.45, 2.75) is 63.3 Å². The van der Waals surface area contributed by atoms with E-state index in [0.29, 0.717) is 13.2 Å². The maximum Gasteiger partial charge on any atom is 0.115 e. The largest absolute Gasteiger partial charge is 0.390 e. The predicted molar refractivity (Wildman–Crippen MR) is 151 cm³/mol. The molecule has 5 nitrogen and oxygen atoms in total. The maximum atomic E-state index is 11.5. The summed E-state index contributed by atoms with van der Waals surface area (Å²) in [7, 11) is 0. The molecule has 0 aromatic heterocycles.